The van der Waals surface area contributed by atoms with Crippen molar-refractivity contribution in [3.05, 3.63) is 220 Å². The van der Waals surface area contributed by atoms with Crippen molar-refractivity contribution in [2.24, 2.45) is 11.8 Å². The van der Waals surface area contributed by atoms with E-state index >= 15 is 0 Å². The van der Waals surface area contributed by atoms with Crippen LogP contribution in [0.1, 0.15) is 109 Å². The maximum atomic E-state index is 2.59. The molecule has 6 atom stereocenters. The van der Waals surface area contributed by atoms with Gasteiger partial charge in [0.25, 0.3) is 0 Å². The van der Waals surface area contributed by atoms with Crippen LogP contribution in [0.2, 0.25) is 0 Å². The number of hydrogen-bond acceptors (Lipinski definition) is 0. The minimum atomic E-state index is 0.277. The van der Waals surface area contributed by atoms with Gasteiger partial charge < -0.3 is 0 Å². The van der Waals surface area contributed by atoms with Crippen LogP contribution in [0.3, 0.4) is 0 Å². The predicted molar refractivity (Wildman–Crippen MR) is 234 cm³/mol. The minimum Gasteiger partial charge on any atom is -0.0839 e. The molecule has 0 spiro atoms. The van der Waals surface area contributed by atoms with E-state index in [9.17, 15) is 0 Å². The van der Waals surface area contributed by atoms with E-state index in [2.05, 4.69) is 184 Å². The van der Waals surface area contributed by atoms with E-state index < -0.39 is 0 Å². The number of benzene rings is 4. The first-order valence-electron chi connectivity index (χ1n) is 21.0. The molecule has 0 saturated carbocycles. The van der Waals surface area contributed by atoms with Crippen molar-refractivity contribution in [1.82, 2.24) is 0 Å². The average Bonchev–Trinajstić information content (AvgIpc) is 3.27. The third-order valence-electron chi connectivity index (χ3n) is 13.4. The van der Waals surface area contributed by atoms with Gasteiger partial charge in [0.1, 0.15) is 0 Å². The fourth-order valence-corrected chi connectivity index (χ4v) is 10.2. The number of fused-ring (bicyclic) bond motifs is 3. The molecule has 4 aromatic carbocycles. The summed E-state index contributed by atoms with van der Waals surface area (Å²) in [6.45, 7) is 4.92. The van der Waals surface area contributed by atoms with Gasteiger partial charge in [-0.1, -0.05) is 189 Å². The van der Waals surface area contributed by atoms with Crippen molar-refractivity contribution in [2.45, 2.75) is 82.5 Å². The molecular formula is C55H54. The predicted octanol–water partition coefficient (Wildman–Crippen LogP) is 14.7. The summed E-state index contributed by atoms with van der Waals surface area (Å²) in [4.78, 5) is 0. The highest BCUT2D eigenvalue weighted by Gasteiger charge is 2.31. The molecule has 0 saturated heterocycles. The Kier molecular flexibility index (Phi) is 10.2. The zero-order chi connectivity index (χ0) is 37.1. The topological polar surface area (TPSA) is 0 Å². The SMILES string of the molecule is CC(C1=CC=C(c2ccc(C(C)C(C3=CC(C4=CCCC=C4)CC=C3)c3cccc(C4C=CC=CC4)c3)cc2)CC1)C1Cc2ccccc2-c2ccccc21. The van der Waals surface area contributed by atoms with Crippen molar-refractivity contribution in [3.63, 3.8) is 0 Å². The highest BCUT2D eigenvalue weighted by molar-refractivity contribution is 5.74. The smallest absolute Gasteiger partial charge is 0.0152 e. The number of hydrogen-bond donors (Lipinski definition) is 0. The molecule has 9 rings (SSSR count). The molecule has 0 heterocycles. The Labute approximate surface area is 329 Å². The van der Waals surface area contributed by atoms with Crippen LogP contribution in [0.25, 0.3) is 16.7 Å². The summed E-state index contributed by atoms with van der Waals surface area (Å²) in [7, 11) is 0. The van der Waals surface area contributed by atoms with E-state index in [1.807, 2.05) is 0 Å². The van der Waals surface area contributed by atoms with Gasteiger partial charge in [0.15, 0.2) is 0 Å². The Balaban J connectivity index is 0.975. The largest absolute Gasteiger partial charge is 0.0839 e. The summed E-state index contributed by atoms with van der Waals surface area (Å²) >= 11 is 0. The van der Waals surface area contributed by atoms with Crippen LogP contribution in [-0.4, -0.2) is 0 Å². The third-order valence-corrected chi connectivity index (χ3v) is 13.4. The molecule has 0 heteroatoms. The van der Waals surface area contributed by atoms with Gasteiger partial charge in [-0.2, -0.15) is 0 Å². The van der Waals surface area contributed by atoms with E-state index in [1.165, 1.54) is 61.2 Å². The molecule has 0 radical (unpaired) electrons. The third kappa shape index (κ3) is 7.32. The second kappa shape index (κ2) is 15.9. The van der Waals surface area contributed by atoms with Crippen molar-refractivity contribution in [2.75, 3.05) is 0 Å². The van der Waals surface area contributed by atoms with Crippen molar-refractivity contribution >= 4 is 5.57 Å². The van der Waals surface area contributed by atoms with Crippen LogP contribution in [0.4, 0.5) is 0 Å². The van der Waals surface area contributed by atoms with Gasteiger partial charge in [-0.3, -0.25) is 0 Å². The molecule has 274 valence electrons. The highest BCUT2D eigenvalue weighted by atomic mass is 14.3. The molecule has 0 nitrogen and oxygen atoms in total. The van der Waals surface area contributed by atoms with Crippen molar-refractivity contribution in [1.29, 1.82) is 0 Å². The van der Waals surface area contributed by atoms with Gasteiger partial charge in [-0.05, 0) is 124 Å². The first-order valence-corrected chi connectivity index (χ1v) is 21.0. The molecule has 0 N–H and O–H groups in total. The Morgan fingerprint density at radius 2 is 1.49 bits per heavy atom. The summed E-state index contributed by atoms with van der Waals surface area (Å²) in [5.74, 6) is 2.51. The van der Waals surface area contributed by atoms with Gasteiger partial charge in [0.2, 0.25) is 0 Å². The molecule has 0 bridgehead atoms. The maximum Gasteiger partial charge on any atom is 0.0152 e. The fourth-order valence-electron chi connectivity index (χ4n) is 10.2. The average molecular weight is 715 g/mol. The summed E-state index contributed by atoms with van der Waals surface area (Å²) < 4.78 is 0. The Hall–Kier alpha value is -5.20. The van der Waals surface area contributed by atoms with Gasteiger partial charge in [-0.15, -0.1) is 0 Å². The van der Waals surface area contributed by atoms with Crippen LogP contribution in [0.15, 0.2) is 187 Å². The molecule has 6 unspecified atom stereocenters. The summed E-state index contributed by atoms with van der Waals surface area (Å²) in [5, 5.41) is 0. The quantitative estimate of drug-likeness (QED) is 0.162. The van der Waals surface area contributed by atoms with E-state index in [-0.39, 0.29) is 5.92 Å². The maximum absolute atomic E-state index is 2.59. The lowest BCUT2D eigenvalue weighted by atomic mass is 9.70. The first kappa shape index (κ1) is 35.5. The summed E-state index contributed by atoms with van der Waals surface area (Å²) in [5.41, 5.74) is 17.4. The summed E-state index contributed by atoms with van der Waals surface area (Å²) in [6, 6.07) is 37.3. The van der Waals surface area contributed by atoms with Gasteiger partial charge in [-0.25, -0.2) is 0 Å². The Morgan fingerprint density at radius 3 is 2.29 bits per heavy atom. The Bertz CT molecular complexity index is 2290. The second-order valence-corrected chi connectivity index (χ2v) is 16.6. The van der Waals surface area contributed by atoms with Crippen LogP contribution >= 0.6 is 0 Å². The molecule has 0 amide bonds. The lowest BCUT2D eigenvalue weighted by Crippen LogP contribution is -2.20. The zero-order valence-corrected chi connectivity index (χ0v) is 32.6. The van der Waals surface area contributed by atoms with E-state index in [1.54, 1.807) is 5.57 Å². The Morgan fingerprint density at radius 1 is 0.655 bits per heavy atom. The number of allylic oxidation sites excluding steroid dienone is 16. The van der Waals surface area contributed by atoms with Crippen molar-refractivity contribution < 1.29 is 0 Å². The number of rotatable bonds is 9. The molecule has 5 aliphatic rings. The zero-order valence-electron chi connectivity index (χ0n) is 32.6. The van der Waals surface area contributed by atoms with Crippen LogP contribution in [0, 0.1) is 11.8 Å². The van der Waals surface area contributed by atoms with Gasteiger partial charge in [0, 0.05) is 17.8 Å². The first-order chi connectivity index (χ1) is 27.1. The van der Waals surface area contributed by atoms with E-state index in [0.717, 1.165) is 44.9 Å². The van der Waals surface area contributed by atoms with E-state index in [4.69, 9.17) is 0 Å². The molecule has 5 aliphatic carbocycles. The van der Waals surface area contributed by atoms with Crippen LogP contribution in [0.5, 0.6) is 0 Å². The monoisotopic (exact) mass is 714 g/mol. The summed E-state index contributed by atoms with van der Waals surface area (Å²) in [6.07, 6.45) is 36.4. The van der Waals surface area contributed by atoms with Gasteiger partial charge in [0.05, 0.1) is 0 Å². The van der Waals surface area contributed by atoms with Gasteiger partial charge >= 0.3 is 0 Å². The standard InChI is InChI=1S/C55H54/c1-38(54-37-48-19-9-10-24-51(48)52-25-11-12-26-53(52)54)40-27-31-44(32-28-40)45-33-29-41(30-34-45)39(2)55(49-22-13-20-46(35-49)42-15-5-3-6-16-42)50-23-14-21-47(36-50)43-17-7-4-8-18-43/h3,5-7,9-15,17-20,22-27,29-31,33-36,38-39,42,47,54-55H,4,8,16,21,28,32,37H2,1-2H3. The second-order valence-electron chi connectivity index (χ2n) is 16.6. The highest BCUT2D eigenvalue weighted by Crippen LogP contribution is 2.47. The normalized spacial score (nSPS) is 23.1. The lowest BCUT2D eigenvalue weighted by Gasteiger charge is -2.34. The molecular weight excluding hydrogens is 661 g/mol. The molecule has 0 fully saturated rings. The fraction of sp³-hybridized carbons (Fsp3) is 0.273. The molecule has 4 aromatic rings. The van der Waals surface area contributed by atoms with Crippen LogP contribution in [-0.2, 0) is 6.42 Å². The molecule has 55 heavy (non-hydrogen) atoms. The van der Waals surface area contributed by atoms with E-state index in [0.29, 0.717) is 29.6 Å². The van der Waals surface area contributed by atoms with Crippen LogP contribution < -0.4 is 0 Å². The minimum absolute atomic E-state index is 0.277. The van der Waals surface area contributed by atoms with Crippen molar-refractivity contribution in [3.8, 4) is 11.1 Å². The molecule has 0 aromatic heterocycles. The lowest BCUT2D eigenvalue weighted by molar-refractivity contribution is 0.500. The molecule has 0 aliphatic heterocycles.